The molecule has 3 aliphatic heterocycles. The summed E-state index contributed by atoms with van der Waals surface area (Å²) in [6, 6.07) is 54.5. The summed E-state index contributed by atoms with van der Waals surface area (Å²) in [6.07, 6.45) is 6.75. The van der Waals surface area contributed by atoms with Crippen LogP contribution in [0.2, 0.25) is 0 Å². The van der Waals surface area contributed by atoms with Gasteiger partial charge in [-0.05, 0) is 77.6 Å². The van der Waals surface area contributed by atoms with Gasteiger partial charge in [-0.3, -0.25) is 10.3 Å². The Kier molecular flexibility index (Phi) is 8.45. The fourth-order valence-corrected chi connectivity index (χ4v) is 9.03. The zero-order chi connectivity index (χ0) is 37.6. The average Bonchev–Trinajstić information content (AvgIpc) is 3.84. The molecule has 1 aromatic heterocycles. The van der Waals surface area contributed by atoms with Gasteiger partial charge in [0.2, 0.25) is 0 Å². The summed E-state index contributed by atoms with van der Waals surface area (Å²) in [5.41, 5.74) is 13.7. The average molecular weight is 732 g/mol. The monoisotopic (exact) mass is 731 g/mol. The van der Waals surface area contributed by atoms with Gasteiger partial charge in [-0.1, -0.05) is 135 Å². The Labute approximate surface area is 328 Å². The summed E-state index contributed by atoms with van der Waals surface area (Å²) in [5.74, 6) is 0.858. The van der Waals surface area contributed by atoms with E-state index >= 15 is 0 Å². The molecule has 7 heteroatoms. The predicted octanol–water partition coefficient (Wildman–Crippen LogP) is 10.5. The van der Waals surface area contributed by atoms with Crippen LogP contribution in [0.4, 0.5) is 17.1 Å². The number of amidine groups is 1. The maximum absolute atomic E-state index is 4.99. The van der Waals surface area contributed by atoms with Crippen molar-refractivity contribution in [2.45, 2.75) is 44.7 Å². The first-order valence-corrected chi connectivity index (χ1v) is 19.9. The SMILES string of the molecule is C1=Cc2c(c3ccccc3n2-c2ccc(C3(c4ccccc4)NCN=C(c4ccc(C5Nc6ccccc6C6Nc7ccccc7N56)cc4)N3)cc2)CC1.CC. The first kappa shape index (κ1) is 34.0. The van der Waals surface area contributed by atoms with Crippen molar-refractivity contribution in [1.82, 2.24) is 15.2 Å². The van der Waals surface area contributed by atoms with Gasteiger partial charge >= 0.3 is 0 Å². The van der Waals surface area contributed by atoms with Crippen LogP contribution in [0.3, 0.4) is 0 Å². The lowest BCUT2D eigenvalue weighted by atomic mass is 9.89. The maximum atomic E-state index is 4.99. The third-order valence-electron chi connectivity index (χ3n) is 11.6. The van der Waals surface area contributed by atoms with Crippen molar-refractivity contribution in [2.75, 3.05) is 22.2 Å². The second-order valence-corrected chi connectivity index (χ2v) is 14.5. The van der Waals surface area contributed by atoms with E-state index < -0.39 is 5.66 Å². The molecule has 0 fully saturated rings. The summed E-state index contributed by atoms with van der Waals surface area (Å²) in [6.45, 7) is 4.47. The van der Waals surface area contributed by atoms with Crippen molar-refractivity contribution in [3.8, 4) is 5.69 Å². The van der Waals surface area contributed by atoms with Crippen molar-refractivity contribution in [3.63, 3.8) is 0 Å². The highest BCUT2D eigenvalue weighted by Crippen LogP contribution is 2.50. The summed E-state index contributed by atoms with van der Waals surface area (Å²) in [4.78, 5) is 7.45. The first-order chi connectivity index (χ1) is 27.7. The van der Waals surface area contributed by atoms with Crippen molar-refractivity contribution >= 4 is 39.9 Å². The van der Waals surface area contributed by atoms with Crippen LogP contribution in [0, 0.1) is 0 Å². The lowest BCUT2D eigenvalue weighted by Crippen LogP contribution is -2.60. The summed E-state index contributed by atoms with van der Waals surface area (Å²) in [7, 11) is 0. The molecule has 0 radical (unpaired) electrons. The Morgan fingerprint density at radius 1 is 0.661 bits per heavy atom. The maximum Gasteiger partial charge on any atom is 0.144 e. The van der Waals surface area contributed by atoms with Gasteiger partial charge in [0.1, 0.15) is 23.8 Å². The molecule has 4 N–H and O–H groups in total. The highest BCUT2D eigenvalue weighted by atomic mass is 15.4. The molecule has 4 aliphatic rings. The minimum atomic E-state index is -0.680. The number of para-hydroxylation sites is 4. The number of aliphatic imine (C=N–C) groups is 1. The Hall–Kier alpha value is -6.57. The lowest BCUT2D eigenvalue weighted by Gasteiger charge is -2.42. The number of anilines is 3. The minimum Gasteiger partial charge on any atom is -0.361 e. The van der Waals surface area contributed by atoms with Gasteiger partial charge in [0.25, 0.3) is 0 Å². The molecule has 3 unspecified atom stereocenters. The van der Waals surface area contributed by atoms with Crippen LogP contribution in [0.15, 0.2) is 163 Å². The molecule has 56 heavy (non-hydrogen) atoms. The molecule has 6 aromatic carbocycles. The van der Waals surface area contributed by atoms with Crippen molar-refractivity contribution in [3.05, 3.63) is 197 Å². The molecule has 0 spiro atoms. The quantitative estimate of drug-likeness (QED) is 0.142. The highest BCUT2D eigenvalue weighted by molar-refractivity contribution is 6.00. The van der Waals surface area contributed by atoms with Crippen molar-refractivity contribution in [1.29, 1.82) is 0 Å². The van der Waals surface area contributed by atoms with Crippen molar-refractivity contribution in [2.24, 2.45) is 4.99 Å². The van der Waals surface area contributed by atoms with Gasteiger partial charge in [-0.15, -0.1) is 0 Å². The zero-order valence-corrected chi connectivity index (χ0v) is 31.7. The van der Waals surface area contributed by atoms with Crippen LogP contribution in [0.25, 0.3) is 22.7 Å². The third-order valence-corrected chi connectivity index (χ3v) is 11.6. The number of rotatable bonds is 5. The summed E-state index contributed by atoms with van der Waals surface area (Å²) >= 11 is 0. The molecule has 3 atom stereocenters. The number of nitrogens with one attached hydrogen (secondary N) is 4. The normalized spacial score (nSPS) is 20.2. The third kappa shape index (κ3) is 5.41. The summed E-state index contributed by atoms with van der Waals surface area (Å²) in [5, 5.41) is 16.6. The first-order valence-electron chi connectivity index (χ1n) is 19.9. The number of aromatic nitrogens is 1. The second kappa shape index (κ2) is 13.9. The zero-order valence-electron chi connectivity index (χ0n) is 31.7. The molecule has 7 aromatic rings. The Balaban J connectivity index is 0.00000189. The molecular formula is C49H45N7. The Bertz CT molecular complexity index is 2600. The minimum absolute atomic E-state index is 0.0431. The van der Waals surface area contributed by atoms with Gasteiger partial charge in [0.05, 0.1) is 23.6 Å². The number of hydrogen-bond acceptors (Lipinski definition) is 6. The van der Waals surface area contributed by atoms with Crippen LogP contribution in [0.1, 0.15) is 71.7 Å². The summed E-state index contributed by atoms with van der Waals surface area (Å²) < 4.78 is 2.41. The van der Waals surface area contributed by atoms with Crippen LogP contribution >= 0.6 is 0 Å². The lowest BCUT2D eigenvalue weighted by molar-refractivity contribution is 0.360. The van der Waals surface area contributed by atoms with Crippen LogP contribution < -0.4 is 26.2 Å². The van der Waals surface area contributed by atoms with E-state index in [0.717, 1.165) is 52.4 Å². The molecule has 0 saturated carbocycles. The van der Waals surface area contributed by atoms with Gasteiger partial charge in [0.15, 0.2) is 0 Å². The number of aryl methyl sites for hydroxylation is 1. The van der Waals surface area contributed by atoms with E-state index in [9.17, 15) is 0 Å². The highest BCUT2D eigenvalue weighted by Gasteiger charge is 2.41. The molecule has 0 amide bonds. The molecular weight excluding hydrogens is 687 g/mol. The van der Waals surface area contributed by atoms with E-state index in [-0.39, 0.29) is 12.3 Å². The second-order valence-electron chi connectivity index (χ2n) is 14.5. The number of nitrogens with zero attached hydrogens (tertiary/aromatic N) is 3. The number of allylic oxidation sites excluding steroid dienone is 1. The fourth-order valence-electron chi connectivity index (χ4n) is 9.03. The molecule has 4 heterocycles. The van der Waals surface area contributed by atoms with E-state index in [1.807, 2.05) is 13.8 Å². The van der Waals surface area contributed by atoms with Gasteiger partial charge in [-0.25, -0.2) is 0 Å². The molecule has 0 bridgehead atoms. The van der Waals surface area contributed by atoms with Gasteiger partial charge < -0.3 is 25.4 Å². The van der Waals surface area contributed by atoms with Crippen LogP contribution in [-0.2, 0) is 12.1 Å². The Morgan fingerprint density at radius 2 is 1.36 bits per heavy atom. The smallest absolute Gasteiger partial charge is 0.144 e. The predicted molar refractivity (Wildman–Crippen MR) is 231 cm³/mol. The standard InChI is InChI=1S/C47H39N7.C2H6/c1-2-12-33(13-3-1)47(34-26-28-35(29-27-34)53-41-19-9-5-14-36(41)37-15-6-10-20-42(37)53)49-30-48-44(52-47)31-22-24-32(25-23-31)45-50-39-17-7-4-16-38(39)46-51-40-18-8-11-21-43(40)54(45)46;1-2/h1-5,7-14,16-29,45-46,49-51H,6,15,30H2,(H,48,52);1-2H3. The van der Waals surface area contributed by atoms with E-state index in [4.69, 9.17) is 4.99 Å². The molecule has 276 valence electrons. The van der Waals surface area contributed by atoms with Gasteiger partial charge in [0, 0.05) is 33.6 Å². The molecule has 0 saturated heterocycles. The van der Waals surface area contributed by atoms with E-state index in [1.165, 1.54) is 39.0 Å². The Morgan fingerprint density at radius 3 is 2.20 bits per heavy atom. The number of benzene rings is 6. The largest absolute Gasteiger partial charge is 0.361 e. The number of fused-ring (bicyclic) bond motifs is 8. The molecule has 11 rings (SSSR count). The van der Waals surface area contributed by atoms with E-state index in [0.29, 0.717) is 6.67 Å². The number of hydrogen-bond donors (Lipinski definition) is 4. The van der Waals surface area contributed by atoms with Crippen LogP contribution in [0.5, 0.6) is 0 Å². The molecule has 7 nitrogen and oxygen atoms in total. The van der Waals surface area contributed by atoms with Gasteiger partial charge in [-0.2, -0.15) is 0 Å². The van der Waals surface area contributed by atoms with Crippen molar-refractivity contribution < 1.29 is 0 Å². The van der Waals surface area contributed by atoms with E-state index in [2.05, 4.69) is 195 Å². The fraction of sp³-hybridized carbons (Fsp3) is 0.163. The van der Waals surface area contributed by atoms with Crippen LogP contribution in [-0.4, -0.2) is 17.1 Å². The molecule has 1 aliphatic carbocycles. The van der Waals surface area contributed by atoms with E-state index in [1.54, 1.807) is 0 Å². The topological polar surface area (TPSA) is 68.7 Å².